The maximum atomic E-state index is 14.0. The van der Waals surface area contributed by atoms with Gasteiger partial charge in [0, 0.05) is 24.1 Å². The van der Waals surface area contributed by atoms with Crippen LogP contribution in [0.4, 0.5) is 18.9 Å². The predicted octanol–water partition coefficient (Wildman–Crippen LogP) is 2.69. The van der Waals surface area contributed by atoms with Crippen LogP contribution < -0.4 is 10.9 Å². The second-order valence-electron chi connectivity index (χ2n) is 6.61. The number of nitrogens with zero attached hydrogens (tertiary/aromatic N) is 6. The Morgan fingerprint density at radius 3 is 2.72 bits per heavy atom. The quantitative estimate of drug-likeness (QED) is 0.457. The van der Waals surface area contributed by atoms with Gasteiger partial charge in [0.2, 0.25) is 0 Å². The van der Waals surface area contributed by atoms with Gasteiger partial charge in [0.15, 0.2) is 11.3 Å². The second-order valence-corrected chi connectivity index (χ2v) is 6.61. The van der Waals surface area contributed by atoms with Crippen molar-refractivity contribution in [1.29, 1.82) is 0 Å². The maximum absolute atomic E-state index is 14.0. The third kappa shape index (κ3) is 3.15. The zero-order valence-corrected chi connectivity index (χ0v) is 15.7. The monoisotopic (exact) mass is 441 g/mol. The summed E-state index contributed by atoms with van der Waals surface area (Å²) in [5.74, 6) is -1.04. The zero-order valence-electron chi connectivity index (χ0n) is 15.7. The van der Waals surface area contributed by atoms with Gasteiger partial charge in [-0.25, -0.2) is 14.3 Å². The van der Waals surface area contributed by atoms with E-state index in [0.717, 1.165) is 10.6 Å². The van der Waals surface area contributed by atoms with Crippen molar-refractivity contribution >= 4 is 28.3 Å². The van der Waals surface area contributed by atoms with Crippen LogP contribution >= 0.6 is 0 Å². The van der Waals surface area contributed by atoms with E-state index < -0.39 is 28.9 Å². The van der Waals surface area contributed by atoms with Gasteiger partial charge < -0.3 is 5.32 Å². The lowest BCUT2D eigenvalue weighted by molar-refractivity contribution is -0.143. The first-order valence-electron chi connectivity index (χ1n) is 8.98. The molecule has 0 saturated carbocycles. The van der Waals surface area contributed by atoms with Crippen molar-refractivity contribution in [3.05, 3.63) is 76.6 Å². The fourth-order valence-electron chi connectivity index (χ4n) is 3.24. The first kappa shape index (κ1) is 19.4. The number of alkyl halides is 3. The summed E-state index contributed by atoms with van der Waals surface area (Å²) in [6.07, 6.45) is -1.59. The normalized spacial score (nSPS) is 11.8. The van der Waals surface area contributed by atoms with E-state index >= 15 is 0 Å². The molecule has 0 aliphatic carbocycles. The summed E-state index contributed by atoms with van der Waals surface area (Å²) in [5, 5.41) is 13.4. The van der Waals surface area contributed by atoms with E-state index in [1.165, 1.54) is 48.8 Å². The molecule has 10 nitrogen and oxygen atoms in total. The molecule has 0 fully saturated rings. The van der Waals surface area contributed by atoms with Gasteiger partial charge in [0.25, 0.3) is 11.5 Å². The molecule has 160 valence electrons. The van der Waals surface area contributed by atoms with Crippen molar-refractivity contribution < 1.29 is 22.6 Å². The minimum atomic E-state index is -4.94. The van der Waals surface area contributed by atoms with E-state index in [1.807, 2.05) is 0 Å². The number of pyridine rings is 1. The van der Waals surface area contributed by atoms with Crippen molar-refractivity contribution in [1.82, 2.24) is 29.5 Å². The third-order valence-electron chi connectivity index (χ3n) is 4.62. The molecule has 0 aliphatic rings. The Labute approximate surface area is 174 Å². The minimum absolute atomic E-state index is 0.0514. The molecule has 13 heteroatoms. The minimum Gasteiger partial charge on any atom is -0.322 e. The summed E-state index contributed by atoms with van der Waals surface area (Å²) in [4.78, 5) is 28.7. The smallest absolute Gasteiger partial charge is 0.322 e. The molecule has 4 aromatic heterocycles. The lowest BCUT2D eigenvalue weighted by Crippen LogP contribution is -2.22. The van der Waals surface area contributed by atoms with E-state index in [4.69, 9.17) is 0 Å². The third-order valence-corrected chi connectivity index (χ3v) is 4.62. The van der Waals surface area contributed by atoms with Crippen LogP contribution in [0.15, 0.2) is 64.4 Å². The van der Waals surface area contributed by atoms with Gasteiger partial charge in [-0.2, -0.15) is 18.3 Å². The molecule has 0 aliphatic heterocycles. The zero-order chi connectivity index (χ0) is 22.5. The molecular weight excluding hydrogens is 431 g/mol. The van der Waals surface area contributed by atoms with Gasteiger partial charge in [-0.05, 0) is 40.6 Å². The molecule has 1 amide bonds. The van der Waals surface area contributed by atoms with Crippen LogP contribution in [0.2, 0.25) is 0 Å². The standard InChI is InChI=1S/C19H10F3N7O3/c20-19(21,22)16-11(18(31)25-10-3-4-12-13(8-10)27-32-26-12)9-24-29(16)14-2-1-7-28-15(30)5-6-23-17(14)28/h1-9H,(H,25,31). The Bertz CT molecular complexity index is 1550. The number of aromatic nitrogens is 6. The van der Waals surface area contributed by atoms with E-state index in [0.29, 0.717) is 15.7 Å². The van der Waals surface area contributed by atoms with E-state index in [1.54, 1.807) is 0 Å². The van der Waals surface area contributed by atoms with E-state index in [-0.39, 0.29) is 17.0 Å². The molecule has 0 atom stereocenters. The van der Waals surface area contributed by atoms with Gasteiger partial charge in [-0.15, -0.1) is 0 Å². The largest absolute Gasteiger partial charge is 0.434 e. The summed E-state index contributed by atoms with van der Waals surface area (Å²) >= 11 is 0. The average Bonchev–Trinajstić information content (AvgIpc) is 3.40. The van der Waals surface area contributed by atoms with Crippen LogP contribution in [0.25, 0.3) is 22.4 Å². The summed E-state index contributed by atoms with van der Waals surface area (Å²) in [7, 11) is 0. The highest BCUT2D eigenvalue weighted by molar-refractivity contribution is 6.05. The molecule has 0 spiro atoms. The Morgan fingerprint density at radius 2 is 1.91 bits per heavy atom. The molecule has 1 aromatic carbocycles. The Hall–Kier alpha value is -4.55. The number of amides is 1. The average molecular weight is 441 g/mol. The molecular formula is C19H10F3N7O3. The van der Waals surface area contributed by atoms with Crippen molar-refractivity contribution in [2.45, 2.75) is 6.18 Å². The highest BCUT2D eigenvalue weighted by atomic mass is 19.4. The molecule has 1 N–H and O–H groups in total. The number of benzene rings is 1. The van der Waals surface area contributed by atoms with Crippen molar-refractivity contribution in [2.24, 2.45) is 0 Å². The van der Waals surface area contributed by atoms with Gasteiger partial charge in [-0.3, -0.25) is 14.0 Å². The number of rotatable bonds is 3. The summed E-state index contributed by atoms with van der Waals surface area (Å²) in [6, 6.07) is 8.22. The van der Waals surface area contributed by atoms with Gasteiger partial charge in [0.1, 0.15) is 16.7 Å². The molecule has 0 radical (unpaired) electrons. The fraction of sp³-hybridized carbons (Fsp3) is 0.0526. The van der Waals surface area contributed by atoms with Crippen LogP contribution in [0, 0.1) is 0 Å². The first-order valence-corrected chi connectivity index (χ1v) is 8.98. The molecule has 5 aromatic rings. The van der Waals surface area contributed by atoms with E-state index in [9.17, 15) is 22.8 Å². The summed E-state index contributed by atoms with van der Waals surface area (Å²) in [5.41, 5.74) is -1.74. The number of carbonyl (C=O) groups is 1. The van der Waals surface area contributed by atoms with Gasteiger partial charge in [0.05, 0.1) is 11.8 Å². The first-order chi connectivity index (χ1) is 15.3. The Morgan fingerprint density at radius 1 is 1.09 bits per heavy atom. The molecule has 0 bridgehead atoms. The Kier molecular flexibility index (Phi) is 4.25. The van der Waals surface area contributed by atoms with Crippen LogP contribution in [0.5, 0.6) is 0 Å². The van der Waals surface area contributed by atoms with Crippen LogP contribution in [-0.2, 0) is 6.18 Å². The molecule has 5 rings (SSSR count). The number of halogens is 3. The van der Waals surface area contributed by atoms with Gasteiger partial charge in [-0.1, -0.05) is 0 Å². The van der Waals surface area contributed by atoms with Crippen molar-refractivity contribution in [3.8, 4) is 5.69 Å². The highest BCUT2D eigenvalue weighted by Crippen LogP contribution is 2.34. The van der Waals surface area contributed by atoms with Crippen LogP contribution in [0.3, 0.4) is 0 Å². The highest BCUT2D eigenvalue weighted by Gasteiger charge is 2.41. The summed E-state index contributed by atoms with van der Waals surface area (Å²) < 4.78 is 48.2. The number of anilines is 1. The molecule has 32 heavy (non-hydrogen) atoms. The van der Waals surface area contributed by atoms with Crippen molar-refractivity contribution in [3.63, 3.8) is 0 Å². The number of fused-ring (bicyclic) bond motifs is 2. The number of hydrogen-bond donors (Lipinski definition) is 1. The SMILES string of the molecule is O=C(Nc1ccc2nonc2c1)c1cnn(-c2cccn3c(=O)ccnc23)c1C(F)(F)F. The predicted molar refractivity (Wildman–Crippen MR) is 103 cm³/mol. The summed E-state index contributed by atoms with van der Waals surface area (Å²) in [6.45, 7) is 0. The van der Waals surface area contributed by atoms with Crippen LogP contribution in [0.1, 0.15) is 16.1 Å². The lowest BCUT2D eigenvalue weighted by Gasteiger charge is -2.14. The molecule has 4 heterocycles. The molecule has 0 unspecified atom stereocenters. The fourth-order valence-corrected chi connectivity index (χ4v) is 3.24. The number of hydrogen-bond acceptors (Lipinski definition) is 7. The lowest BCUT2D eigenvalue weighted by atomic mass is 10.2. The number of carbonyl (C=O) groups excluding carboxylic acids is 1. The number of nitrogens with one attached hydrogen (secondary N) is 1. The Balaban J connectivity index is 1.61. The van der Waals surface area contributed by atoms with Crippen molar-refractivity contribution in [2.75, 3.05) is 5.32 Å². The molecule has 0 saturated heterocycles. The van der Waals surface area contributed by atoms with Crippen LogP contribution in [-0.4, -0.2) is 35.4 Å². The van der Waals surface area contributed by atoms with Gasteiger partial charge >= 0.3 is 6.18 Å². The maximum Gasteiger partial charge on any atom is 0.434 e. The topological polar surface area (TPSA) is 120 Å². The second kappa shape index (κ2) is 7.01. The van der Waals surface area contributed by atoms with E-state index in [2.05, 4.69) is 30.3 Å².